The quantitative estimate of drug-likeness (QED) is 0.0365. The molecule has 2 N–H and O–H groups in total. The predicted molar refractivity (Wildman–Crippen MR) is 397 cm³/mol. The van der Waals surface area contributed by atoms with Gasteiger partial charge in [0.2, 0.25) is 0 Å². The Morgan fingerprint density at radius 3 is 0.793 bits per heavy atom. The molecule has 0 heterocycles. The zero-order valence-corrected chi connectivity index (χ0v) is 73.3. The lowest BCUT2D eigenvalue weighted by atomic mass is 9.97. The van der Waals surface area contributed by atoms with Crippen LogP contribution in [0.15, 0.2) is 0 Å². The minimum absolute atomic E-state index is 0.150. The highest BCUT2D eigenvalue weighted by Crippen LogP contribution is 2.68. The van der Waals surface area contributed by atoms with E-state index in [1.165, 1.54) is 36.6 Å². The Hall–Kier alpha value is 1.32. The van der Waals surface area contributed by atoms with Crippen LogP contribution in [0.5, 0.6) is 0 Å². The van der Waals surface area contributed by atoms with E-state index in [0.717, 1.165) is 46.4 Å². The van der Waals surface area contributed by atoms with Crippen molar-refractivity contribution in [2.45, 2.75) is 304 Å². The van der Waals surface area contributed by atoms with Gasteiger partial charge < -0.3 is 20.1 Å². The summed E-state index contributed by atoms with van der Waals surface area (Å²) in [4.78, 5) is 27.3. The van der Waals surface area contributed by atoms with E-state index in [9.17, 15) is 32.4 Å². The number of ether oxygens (including phenoxy) is 2. The van der Waals surface area contributed by atoms with E-state index < -0.39 is 107 Å². The fourth-order valence-electron chi connectivity index (χ4n) is 5.08. The van der Waals surface area contributed by atoms with E-state index in [0.29, 0.717) is 11.6 Å². The molecule has 0 saturated carbocycles. The Balaban J connectivity index is -0.000000346. The van der Waals surface area contributed by atoms with Crippen molar-refractivity contribution in [1.82, 2.24) is 9.80 Å². The molecule has 0 fully saturated rings. The second kappa shape index (κ2) is 40.2. The zero-order chi connectivity index (χ0) is 75.1. The van der Waals surface area contributed by atoms with Crippen LogP contribution in [-0.2, 0) is 87.1 Å². The van der Waals surface area contributed by atoms with Crippen LogP contribution in [0.4, 0.5) is 0 Å². The molecule has 0 amide bonds. The van der Waals surface area contributed by atoms with Crippen molar-refractivity contribution in [1.29, 1.82) is 0 Å². The lowest BCUT2D eigenvalue weighted by Gasteiger charge is -2.31. The first-order valence-electron chi connectivity index (χ1n) is 30.4. The molecule has 558 valence electrons. The lowest BCUT2D eigenvalue weighted by molar-refractivity contribution is -0.152. The smallest absolute Gasteiger partial charge is 0.393 e. The first-order valence-corrected chi connectivity index (χ1v) is 46.3. The first-order chi connectivity index (χ1) is 39.7. The molecule has 0 bridgehead atoms. The SMILES string of the molecule is CC(C)(C)OP(=O)(OC(C)(C)C)SCCOC(=O)C(C)(C)C.CC(C)(C)OP(=O)(OC(C)(C)C)SCOC(=O)C(C)(C)N.CN(C)CCSP(=O)(OC(C)(C)C)OC(C)(C)C.CN(C)CSP(=O)(OC(C)(C)C)OC(C)(C)C.CSP(=O)(OC(C)(C)C)OC(C)(C)C. The number of nitrogens with two attached hydrogens (primary N) is 1. The van der Waals surface area contributed by atoms with Gasteiger partial charge in [0.25, 0.3) is 0 Å². The lowest BCUT2D eigenvalue weighted by Crippen LogP contribution is -2.42. The molecule has 0 saturated heterocycles. The van der Waals surface area contributed by atoms with Crippen LogP contribution in [0, 0.1) is 5.41 Å². The first kappa shape index (κ1) is 102. The van der Waals surface area contributed by atoms with Crippen LogP contribution in [0.3, 0.4) is 0 Å². The Morgan fingerprint density at radius 2 is 0.576 bits per heavy atom. The van der Waals surface area contributed by atoms with E-state index in [-0.39, 0.29) is 18.5 Å². The normalized spacial score (nSPS) is 14.2. The highest BCUT2D eigenvalue weighted by Gasteiger charge is 2.41. The molecule has 0 aromatic carbocycles. The Labute approximate surface area is 582 Å². The van der Waals surface area contributed by atoms with Crippen molar-refractivity contribution < 1.29 is 87.1 Å². The summed E-state index contributed by atoms with van der Waals surface area (Å²) in [6, 6.07) is 0. The van der Waals surface area contributed by atoms with E-state index in [2.05, 4.69) is 0 Å². The Kier molecular flexibility index (Phi) is 44.6. The van der Waals surface area contributed by atoms with Crippen LogP contribution < -0.4 is 5.73 Å². The number of hydrogen-bond donors (Lipinski definition) is 1. The highest BCUT2D eigenvalue weighted by molar-refractivity contribution is 8.56. The fraction of sp³-hybridized carbons (Fsp3) is 0.967. The average molecular weight is 1520 g/mol. The van der Waals surface area contributed by atoms with Crippen LogP contribution in [0.25, 0.3) is 0 Å². The molecule has 0 spiro atoms. The van der Waals surface area contributed by atoms with Gasteiger partial charge in [0.15, 0.2) is 0 Å². The third-order valence-electron chi connectivity index (χ3n) is 7.45. The molecule has 0 rings (SSSR count). The summed E-state index contributed by atoms with van der Waals surface area (Å²) in [7, 11) is 7.82. The van der Waals surface area contributed by atoms with Crippen molar-refractivity contribution >= 4 is 103 Å². The minimum Gasteiger partial charge on any atom is -0.464 e. The number of carbonyl (C=O) groups is 2. The third kappa shape index (κ3) is 68.5. The van der Waals surface area contributed by atoms with Gasteiger partial charge in [-0.15, -0.1) is 0 Å². The van der Waals surface area contributed by atoms with E-state index >= 15 is 0 Å². The maximum atomic E-state index is 12.9. The van der Waals surface area contributed by atoms with Crippen LogP contribution >= 0.6 is 90.9 Å². The number of rotatable bonds is 26. The van der Waals surface area contributed by atoms with Gasteiger partial charge in [0.05, 0.1) is 67.3 Å². The summed E-state index contributed by atoms with van der Waals surface area (Å²) < 4.78 is 129. The summed E-state index contributed by atoms with van der Waals surface area (Å²) in [5.74, 6) is 0.665. The van der Waals surface area contributed by atoms with Crippen molar-refractivity contribution in [2.24, 2.45) is 11.1 Å². The topological polar surface area (TPSA) is 263 Å². The van der Waals surface area contributed by atoms with E-state index in [1.54, 1.807) is 68.6 Å². The predicted octanol–water partition coefficient (Wildman–Crippen LogP) is 20.8. The monoisotopic (exact) mass is 1520 g/mol. The molecule has 0 atom stereocenters. The van der Waals surface area contributed by atoms with Gasteiger partial charge in [0.1, 0.15) is 18.1 Å². The van der Waals surface area contributed by atoms with E-state index in [1.807, 2.05) is 204 Å². The minimum atomic E-state index is -3.47. The molecule has 0 unspecified atom stereocenters. The van der Waals surface area contributed by atoms with Crippen molar-refractivity contribution in [3.63, 3.8) is 0 Å². The zero-order valence-electron chi connectivity index (χ0n) is 64.7. The van der Waals surface area contributed by atoms with Gasteiger partial charge in [-0.25, -0.2) is 22.8 Å². The number of carbonyl (C=O) groups excluding carboxylic acids is 2. The maximum Gasteiger partial charge on any atom is 0.393 e. The summed E-state index contributed by atoms with van der Waals surface area (Å²) in [5, 5.41) is 0. The number of hydrogen-bond acceptors (Lipinski definition) is 27. The van der Waals surface area contributed by atoms with Gasteiger partial charge >= 0.3 is 45.9 Å². The van der Waals surface area contributed by atoms with Gasteiger partial charge in [-0.1, -0.05) is 0 Å². The van der Waals surface area contributed by atoms with Crippen molar-refractivity contribution in [2.75, 3.05) is 70.9 Å². The second-order valence-corrected chi connectivity index (χ2v) is 53.0. The molecular weight excluding hydrogens is 1380 g/mol. The highest BCUT2D eigenvalue weighted by atomic mass is 32.7. The molecule has 22 nitrogen and oxygen atoms in total. The number of esters is 2. The summed E-state index contributed by atoms with van der Waals surface area (Å²) in [5.41, 5.74) is -1.34. The summed E-state index contributed by atoms with van der Waals surface area (Å²) in [6.45, 7) is 48.7. The standard InChI is InChI=1S/C15H31O5PS.C13H28NO5PS.C12H28NO3PS.C11H26NO3PS.C9H21O3PS/c1-13(2,3)12(16)18-10-11-22-21(17,19-14(4,5)6)20-15(7,8)9;1-11(2,3)18-20(16,19-12(4,5)6)21-9-17-10(15)13(7,8)14;1-11(2,3)15-17(14,16-12(4,5)6)18-10-9-13(7)8;1-10(2,3)14-16(13,15-11(4,5)6)17-9-12(7)8;1-8(2,3)11-13(10,14-7)12-9(4,5)6/h10-11H2,1-9H3;9,14H2,1-8H3;9-10H2,1-8H3;9H2,1-8H3;1-7H3. The van der Waals surface area contributed by atoms with Crippen molar-refractivity contribution in [3.8, 4) is 0 Å². The van der Waals surface area contributed by atoms with Gasteiger partial charge in [0, 0.05) is 29.4 Å². The molecule has 0 aromatic rings. The van der Waals surface area contributed by atoms with Crippen LogP contribution in [0.1, 0.15) is 242 Å². The van der Waals surface area contributed by atoms with Crippen LogP contribution in [0.2, 0.25) is 0 Å². The van der Waals surface area contributed by atoms with Crippen LogP contribution in [-0.4, -0.2) is 154 Å². The largest absolute Gasteiger partial charge is 0.464 e. The summed E-state index contributed by atoms with van der Waals surface area (Å²) >= 11 is 5.53. The molecule has 0 radical (unpaired) electrons. The Morgan fingerprint density at radius 1 is 0.337 bits per heavy atom. The third-order valence-corrected chi connectivity index (χ3v) is 27.6. The average Bonchev–Trinajstić information content (AvgIpc) is 0.888. The molecule has 0 aromatic heterocycles. The molecule has 92 heavy (non-hydrogen) atoms. The fourth-order valence-corrected chi connectivity index (χ4v) is 26.2. The Bertz CT molecular complexity index is 2280. The molecule has 0 aliphatic heterocycles. The van der Waals surface area contributed by atoms with Crippen molar-refractivity contribution in [3.05, 3.63) is 0 Å². The molecule has 0 aliphatic carbocycles. The maximum absolute atomic E-state index is 12.9. The van der Waals surface area contributed by atoms with E-state index in [4.69, 9.17) is 60.4 Å². The molecule has 32 heteroatoms. The summed E-state index contributed by atoms with van der Waals surface area (Å²) in [6.07, 6.45) is 1.73. The number of nitrogens with zero attached hydrogens (tertiary/aromatic N) is 2. The molecular formula is C60H134N3O19P5S5. The van der Waals surface area contributed by atoms with Gasteiger partial charge in [-0.3, -0.25) is 59.7 Å². The van der Waals surface area contributed by atoms with Gasteiger partial charge in [-0.05, 0) is 322 Å². The van der Waals surface area contributed by atoms with Gasteiger partial charge in [-0.2, -0.15) is 0 Å². The second-order valence-electron chi connectivity index (χ2n) is 33.0. The molecule has 0 aliphatic rings.